The molecule has 0 amide bonds. The van der Waals surface area contributed by atoms with E-state index in [0.717, 1.165) is 10.4 Å². The third-order valence-corrected chi connectivity index (χ3v) is 3.58. The summed E-state index contributed by atoms with van der Waals surface area (Å²) in [5.41, 5.74) is 0.878. The SMILES string of the molecule is COc1cc(OC)cc(-c2ccc(C(=O)O)s2)c1. The van der Waals surface area contributed by atoms with Crippen LogP contribution in [0.4, 0.5) is 0 Å². The Balaban J connectivity index is 2.45. The first-order valence-corrected chi connectivity index (χ1v) is 6.02. The van der Waals surface area contributed by atoms with E-state index in [1.807, 2.05) is 12.1 Å². The van der Waals surface area contributed by atoms with E-state index in [4.69, 9.17) is 14.6 Å². The summed E-state index contributed by atoms with van der Waals surface area (Å²) in [7, 11) is 3.16. The number of benzene rings is 1. The highest BCUT2D eigenvalue weighted by molar-refractivity contribution is 7.17. The van der Waals surface area contributed by atoms with E-state index < -0.39 is 5.97 Å². The standard InChI is InChI=1S/C13H12O4S/c1-16-9-5-8(6-10(7-9)17-2)11-3-4-12(18-11)13(14)15/h3-7H,1-2H3,(H,14,15). The van der Waals surface area contributed by atoms with Crippen molar-refractivity contribution in [1.29, 1.82) is 0 Å². The van der Waals surface area contributed by atoms with Gasteiger partial charge >= 0.3 is 5.97 Å². The van der Waals surface area contributed by atoms with Gasteiger partial charge in [0.15, 0.2) is 0 Å². The van der Waals surface area contributed by atoms with E-state index in [2.05, 4.69) is 0 Å². The maximum Gasteiger partial charge on any atom is 0.345 e. The minimum absolute atomic E-state index is 0.312. The highest BCUT2D eigenvalue weighted by Crippen LogP contribution is 2.33. The quantitative estimate of drug-likeness (QED) is 0.921. The second-order valence-electron chi connectivity index (χ2n) is 3.57. The summed E-state index contributed by atoms with van der Waals surface area (Å²) in [6.45, 7) is 0. The molecular formula is C13H12O4S. The van der Waals surface area contributed by atoms with Crippen LogP contribution < -0.4 is 9.47 Å². The molecule has 18 heavy (non-hydrogen) atoms. The topological polar surface area (TPSA) is 55.8 Å². The molecule has 5 heteroatoms. The molecule has 0 spiro atoms. The van der Waals surface area contributed by atoms with Gasteiger partial charge in [0, 0.05) is 10.9 Å². The molecule has 0 aliphatic carbocycles. The monoisotopic (exact) mass is 264 g/mol. The lowest BCUT2D eigenvalue weighted by Gasteiger charge is -2.06. The third kappa shape index (κ3) is 2.46. The fraction of sp³-hybridized carbons (Fsp3) is 0.154. The summed E-state index contributed by atoms with van der Waals surface area (Å²) >= 11 is 1.22. The van der Waals surface area contributed by atoms with Crippen LogP contribution in [0.5, 0.6) is 11.5 Å². The molecule has 0 unspecified atom stereocenters. The van der Waals surface area contributed by atoms with Crippen molar-refractivity contribution < 1.29 is 19.4 Å². The molecule has 0 saturated heterocycles. The highest BCUT2D eigenvalue weighted by Gasteiger charge is 2.10. The smallest absolute Gasteiger partial charge is 0.345 e. The predicted octanol–water partition coefficient (Wildman–Crippen LogP) is 3.13. The van der Waals surface area contributed by atoms with Gasteiger partial charge in [-0.2, -0.15) is 0 Å². The van der Waals surface area contributed by atoms with Crippen molar-refractivity contribution in [1.82, 2.24) is 0 Å². The maximum atomic E-state index is 10.9. The summed E-state index contributed by atoms with van der Waals surface area (Å²) in [5.74, 6) is 0.436. The van der Waals surface area contributed by atoms with Crippen LogP contribution >= 0.6 is 11.3 Å². The Bertz CT molecular complexity index is 552. The minimum atomic E-state index is -0.916. The molecule has 2 aromatic rings. The Morgan fingerprint density at radius 1 is 1.11 bits per heavy atom. The fourth-order valence-electron chi connectivity index (χ4n) is 1.56. The molecule has 0 saturated carbocycles. The van der Waals surface area contributed by atoms with Crippen LogP contribution in [0.2, 0.25) is 0 Å². The minimum Gasteiger partial charge on any atom is -0.497 e. The Labute approximate surface area is 108 Å². The first kappa shape index (κ1) is 12.4. The number of carbonyl (C=O) groups is 1. The van der Waals surface area contributed by atoms with Crippen LogP contribution in [-0.4, -0.2) is 25.3 Å². The first-order valence-electron chi connectivity index (χ1n) is 5.20. The van der Waals surface area contributed by atoms with Crippen LogP contribution in [0, 0.1) is 0 Å². The van der Waals surface area contributed by atoms with Crippen LogP contribution in [0.25, 0.3) is 10.4 Å². The molecule has 4 nitrogen and oxygen atoms in total. The van der Waals surface area contributed by atoms with Gasteiger partial charge in [-0.15, -0.1) is 11.3 Å². The number of methoxy groups -OCH3 is 2. The van der Waals surface area contributed by atoms with Crippen LogP contribution in [-0.2, 0) is 0 Å². The average Bonchev–Trinajstić information content (AvgIpc) is 2.87. The van der Waals surface area contributed by atoms with Crippen molar-refractivity contribution in [3.05, 3.63) is 35.2 Å². The van der Waals surface area contributed by atoms with Crippen molar-refractivity contribution in [3.8, 4) is 21.9 Å². The van der Waals surface area contributed by atoms with E-state index in [-0.39, 0.29) is 0 Å². The van der Waals surface area contributed by atoms with Gasteiger partial charge in [-0.25, -0.2) is 4.79 Å². The lowest BCUT2D eigenvalue weighted by Crippen LogP contribution is -1.89. The van der Waals surface area contributed by atoms with Gasteiger partial charge in [-0.1, -0.05) is 0 Å². The van der Waals surface area contributed by atoms with Crippen molar-refractivity contribution in [3.63, 3.8) is 0 Å². The zero-order valence-corrected chi connectivity index (χ0v) is 10.8. The van der Waals surface area contributed by atoms with Crippen LogP contribution in [0.15, 0.2) is 30.3 Å². The Morgan fingerprint density at radius 3 is 2.17 bits per heavy atom. The van der Waals surface area contributed by atoms with E-state index in [1.54, 1.807) is 32.4 Å². The number of carboxylic acid groups (broad SMARTS) is 1. The number of ether oxygens (including phenoxy) is 2. The summed E-state index contributed by atoms with van der Waals surface area (Å²) in [6.07, 6.45) is 0. The van der Waals surface area contributed by atoms with Crippen molar-refractivity contribution in [2.75, 3.05) is 14.2 Å². The molecule has 0 aliphatic heterocycles. The molecule has 0 bridgehead atoms. The van der Waals surface area contributed by atoms with E-state index in [0.29, 0.717) is 16.4 Å². The Morgan fingerprint density at radius 2 is 1.72 bits per heavy atom. The van der Waals surface area contributed by atoms with E-state index >= 15 is 0 Å². The molecule has 2 rings (SSSR count). The van der Waals surface area contributed by atoms with E-state index in [9.17, 15) is 4.79 Å². The predicted molar refractivity (Wildman–Crippen MR) is 69.8 cm³/mol. The molecular weight excluding hydrogens is 252 g/mol. The average molecular weight is 264 g/mol. The first-order chi connectivity index (χ1) is 8.63. The lowest BCUT2D eigenvalue weighted by molar-refractivity contribution is 0.0702. The van der Waals surface area contributed by atoms with Gasteiger partial charge in [0.2, 0.25) is 0 Å². The number of hydrogen-bond acceptors (Lipinski definition) is 4. The summed E-state index contributed by atoms with van der Waals surface area (Å²) < 4.78 is 10.4. The molecule has 0 radical (unpaired) electrons. The number of hydrogen-bond donors (Lipinski definition) is 1. The molecule has 94 valence electrons. The van der Waals surface area contributed by atoms with Gasteiger partial charge < -0.3 is 14.6 Å². The van der Waals surface area contributed by atoms with Crippen molar-refractivity contribution >= 4 is 17.3 Å². The zero-order valence-electron chi connectivity index (χ0n) is 9.97. The van der Waals surface area contributed by atoms with Crippen molar-refractivity contribution in [2.45, 2.75) is 0 Å². The Hall–Kier alpha value is -2.01. The second kappa shape index (κ2) is 5.10. The second-order valence-corrected chi connectivity index (χ2v) is 4.65. The molecule has 1 N–H and O–H groups in total. The molecule has 0 atom stereocenters. The number of thiophene rings is 1. The van der Waals surface area contributed by atoms with Crippen LogP contribution in [0.1, 0.15) is 9.67 Å². The van der Waals surface area contributed by atoms with Gasteiger partial charge in [0.25, 0.3) is 0 Å². The largest absolute Gasteiger partial charge is 0.497 e. The lowest BCUT2D eigenvalue weighted by atomic mass is 10.1. The molecule has 1 aromatic heterocycles. The van der Waals surface area contributed by atoms with Crippen molar-refractivity contribution in [2.24, 2.45) is 0 Å². The molecule has 1 heterocycles. The number of carboxylic acids is 1. The van der Waals surface area contributed by atoms with Gasteiger partial charge in [-0.3, -0.25) is 0 Å². The maximum absolute atomic E-state index is 10.9. The summed E-state index contributed by atoms with van der Waals surface area (Å²) in [6, 6.07) is 8.84. The zero-order chi connectivity index (χ0) is 13.1. The normalized spacial score (nSPS) is 10.1. The Kier molecular flexibility index (Phi) is 3.53. The third-order valence-electron chi connectivity index (χ3n) is 2.45. The van der Waals surface area contributed by atoms with Gasteiger partial charge in [0.1, 0.15) is 16.4 Å². The molecule has 1 aromatic carbocycles. The van der Waals surface area contributed by atoms with Gasteiger partial charge in [-0.05, 0) is 29.8 Å². The fourth-order valence-corrected chi connectivity index (χ4v) is 2.39. The highest BCUT2D eigenvalue weighted by atomic mass is 32.1. The van der Waals surface area contributed by atoms with Crippen LogP contribution in [0.3, 0.4) is 0 Å². The summed E-state index contributed by atoms with van der Waals surface area (Å²) in [5, 5.41) is 8.91. The summed E-state index contributed by atoms with van der Waals surface area (Å²) in [4.78, 5) is 12.0. The number of rotatable bonds is 4. The molecule has 0 aliphatic rings. The van der Waals surface area contributed by atoms with Gasteiger partial charge in [0.05, 0.1) is 14.2 Å². The number of aromatic carboxylic acids is 1. The molecule has 0 fully saturated rings. The van der Waals surface area contributed by atoms with E-state index in [1.165, 1.54) is 11.3 Å².